The molecule has 2 heterocycles. The molecule has 4 heteroatoms. The van der Waals surface area contributed by atoms with E-state index >= 15 is 0 Å². The lowest BCUT2D eigenvalue weighted by Gasteiger charge is -2.35. The maximum absolute atomic E-state index is 5.27. The minimum Gasteiger partial charge on any atom is -0.208 e. The monoisotopic (exact) mass is 805 g/mol. The van der Waals surface area contributed by atoms with Gasteiger partial charge in [-0.2, -0.15) is 0 Å². The summed E-state index contributed by atoms with van der Waals surface area (Å²) in [5.41, 5.74) is 17.1. The number of hydrogen-bond acceptors (Lipinski definition) is 4. The van der Waals surface area contributed by atoms with Gasteiger partial charge in [-0.1, -0.05) is 194 Å². The van der Waals surface area contributed by atoms with Crippen molar-refractivity contribution in [3.63, 3.8) is 0 Å². The summed E-state index contributed by atoms with van der Waals surface area (Å²) < 4.78 is 2.62. The summed E-state index contributed by atoms with van der Waals surface area (Å²) in [7, 11) is 0. The molecule has 0 radical (unpaired) electrons. The molecule has 2 aromatic heterocycles. The van der Waals surface area contributed by atoms with E-state index in [4.69, 9.17) is 15.0 Å². The normalized spacial score (nSPS) is 14.5. The summed E-state index contributed by atoms with van der Waals surface area (Å²) in [5, 5.41) is 2.65. The van der Waals surface area contributed by atoms with Crippen molar-refractivity contribution in [3.8, 4) is 78.7 Å². The lowest BCUT2D eigenvalue weighted by Crippen LogP contribution is -2.29. The van der Waals surface area contributed by atoms with Crippen LogP contribution in [0.1, 0.15) is 22.3 Å². The van der Waals surface area contributed by atoms with Gasteiger partial charge in [-0.3, -0.25) is 0 Å². The van der Waals surface area contributed by atoms with Gasteiger partial charge in [0, 0.05) is 36.9 Å². The lowest BCUT2D eigenvalue weighted by molar-refractivity contribution is 0.776. The summed E-state index contributed by atoms with van der Waals surface area (Å²) in [6, 6.07) is 77.0. The number of thiophene rings is 1. The van der Waals surface area contributed by atoms with Gasteiger partial charge < -0.3 is 0 Å². The molecule has 0 fully saturated rings. The molecule has 1 atom stereocenters. The highest BCUT2D eigenvalue weighted by Gasteiger charge is 2.50. The Labute approximate surface area is 363 Å². The van der Waals surface area contributed by atoms with Crippen molar-refractivity contribution in [1.29, 1.82) is 0 Å². The van der Waals surface area contributed by atoms with E-state index < -0.39 is 5.41 Å². The molecule has 1 unspecified atom stereocenters. The number of aromatic nitrogens is 3. The highest BCUT2D eigenvalue weighted by atomic mass is 32.1. The number of nitrogens with zero attached hydrogens (tertiary/aromatic N) is 3. The first-order valence-electron chi connectivity index (χ1n) is 21.1. The zero-order valence-electron chi connectivity index (χ0n) is 33.5. The average Bonchev–Trinajstić information content (AvgIpc) is 3.85. The first-order valence-corrected chi connectivity index (χ1v) is 21.9. The van der Waals surface area contributed by atoms with Crippen LogP contribution in [0.3, 0.4) is 0 Å². The summed E-state index contributed by atoms with van der Waals surface area (Å²) in [6.07, 6.45) is 0. The van der Waals surface area contributed by atoms with Crippen molar-refractivity contribution >= 4 is 31.5 Å². The molecule has 0 amide bonds. The lowest BCUT2D eigenvalue weighted by atomic mass is 9.65. The summed E-state index contributed by atoms with van der Waals surface area (Å²) in [6.45, 7) is 0. The van der Waals surface area contributed by atoms with E-state index in [2.05, 4.69) is 188 Å². The molecule has 1 spiro atoms. The van der Waals surface area contributed by atoms with E-state index in [1.165, 1.54) is 81.4 Å². The molecule has 62 heavy (non-hydrogen) atoms. The third-order valence-corrected chi connectivity index (χ3v) is 14.1. The van der Waals surface area contributed by atoms with Crippen LogP contribution >= 0.6 is 11.3 Å². The zero-order valence-corrected chi connectivity index (χ0v) is 34.3. The first kappa shape index (κ1) is 35.0. The van der Waals surface area contributed by atoms with E-state index in [9.17, 15) is 0 Å². The van der Waals surface area contributed by atoms with Gasteiger partial charge in [0.1, 0.15) is 0 Å². The molecule has 0 bridgehead atoms. The Hall–Kier alpha value is -7.79. The predicted molar refractivity (Wildman–Crippen MR) is 256 cm³/mol. The molecule has 9 aromatic carbocycles. The van der Waals surface area contributed by atoms with Crippen LogP contribution in [0.2, 0.25) is 0 Å². The molecule has 11 aromatic rings. The SMILES string of the molecule is c1ccc(-c2ccc(-c3nc(-c4ccccc4)nc(-c4ccc5c(c4)-c4ccccc4-c4ccccc4C54c5ccccc5-c5c4ccc4sc6ccccc6c54)n3)cc2)cc1. The second-order valence-corrected chi connectivity index (χ2v) is 17.3. The Kier molecular flexibility index (Phi) is 7.69. The number of rotatable bonds is 4. The van der Waals surface area contributed by atoms with Crippen LogP contribution in [-0.2, 0) is 5.41 Å². The van der Waals surface area contributed by atoms with Gasteiger partial charge >= 0.3 is 0 Å². The van der Waals surface area contributed by atoms with E-state index in [0.29, 0.717) is 17.5 Å². The van der Waals surface area contributed by atoms with Gasteiger partial charge in [-0.05, 0) is 85.0 Å². The Balaban J connectivity index is 1.08. The smallest absolute Gasteiger partial charge is 0.164 e. The minimum absolute atomic E-state index is 0.605. The third kappa shape index (κ3) is 5.08. The van der Waals surface area contributed by atoms with Crippen molar-refractivity contribution in [2.45, 2.75) is 5.41 Å². The molecule has 2 aliphatic carbocycles. The third-order valence-electron chi connectivity index (χ3n) is 13.0. The molecule has 0 saturated carbocycles. The van der Waals surface area contributed by atoms with E-state index in [0.717, 1.165) is 22.3 Å². The Bertz CT molecular complexity index is 3570. The maximum atomic E-state index is 5.27. The van der Waals surface area contributed by atoms with E-state index in [1.807, 2.05) is 35.6 Å². The van der Waals surface area contributed by atoms with Crippen molar-refractivity contribution in [2.75, 3.05) is 0 Å². The highest BCUT2D eigenvalue weighted by Crippen LogP contribution is 2.63. The Morgan fingerprint density at radius 2 is 0.774 bits per heavy atom. The number of benzene rings is 9. The van der Waals surface area contributed by atoms with Gasteiger partial charge in [-0.15, -0.1) is 11.3 Å². The van der Waals surface area contributed by atoms with Crippen LogP contribution in [0, 0.1) is 0 Å². The van der Waals surface area contributed by atoms with Crippen molar-refractivity contribution in [3.05, 3.63) is 235 Å². The molecule has 0 saturated heterocycles. The molecular formula is C58H35N3S. The molecule has 3 nitrogen and oxygen atoms in total. The molecule has 13 rings (SSSR count). The topological polar surface area (TPSA) is 38.7 Å². The summed E-state index contributed by atoms with van der Waals surface area (Å²) >= 11 is 1.88. The fourth-order valence-corrected chi connectivity index (χ4v) is 11.4. The molecule has 2 aliphatic rings. The fourth-order valence-electron chi connectivity index (χ4n) is 10.3. The standard InChI is InChI=1S/C58H35N3S/c1-3-15-36(16-4-1)37-27-29-39(30-28-37)56-59-55(38-17-5-2-6-18-38)60-57(61-56)40-31-32-49-46(35-40)42-20-8-7-19-41(42)43-21-9-12-24-47(43)58(49)48-25-13-10-22-44(48)53-50(58)33-34-52-54(53)45-23-11-14-26-51(45)62-52/h1-35H. The highest BCUT2D eigenvalue weighted by molar-refractivity contribution is 7.26. The molecule has 0 aliphatic heterocycles. The van der Waals surface area contributed by atoms with Gasteiger partial charge in [0.25, 0.3) is 0 Å². The summed E-state index contributed by atoms with van der Waals surface area (Å²) in [5.74, 6) is 1.91. The second kappa shape index (κ2) is 13.6. The van der Waals surface area contributed by atoms with Crippen LogP contribution in [0.4, 0.5) is 0 Å². The maximum Gasteiger partial charge on any atom is 0.164 e. The predicted octanol–water partition coefficient (Wildman–Crippen LogP) is 14.9. The largest absolute Gasteiger partial charge is 0.208 e. The van der Waals surface area contributed by atoms with Crippen LogP contribution in [0.15, 0.2) is 212 Å². The van der Waals surface area contributed by atoms with Gasteiger partial charge in [0.15, 0.2) is 17.5 Å². The van der Waals surface area contributed by atoms with Gasteiger partial charge in [0.2, 0.25) is 0 Å². The van der Waals surface area contributed by atoms with Crippen molar-refractivity contribution in [2.24, 2.45) is 0 Å². The van der Waals surface area contributed by atoms with Gasteiger partial charge in [0.05, 0.1) is 5.41 Å². The molecule has 0 N–H and O–H groups in total. The first-order chi connectivity index (χ1) is 30.7. The van der Waals surface area contributed by atoms with Crippen LogP contribution in [-0.4, -0.2) is 15.0 Å². The van der Waals surface area contributed by atoms with E-state index in [1.54, 1.807) is 0 Å². The van der Waals surface area contributed by atoms with Crippen molar-refractivity contribution in [1.82, 2.24) is 15.0 Å². The zero-order chi connectivity index (χ0) is 40.8. The summed E-state index contributed by atoms with van der Waals surface area (Å²) in [4.78, 5) is 15.6. The Morgan fingerprint density at radius 3 is 1.50 bits per heavy atom. The minimum atomic E-state index is -0.605. The van der Waals surface area contributed by atoms with Crippen molar-refractivity contribution < 1.29 is 0 Å². The Morgan fingerprint density at radius 1 is 0.306 bits per heavy atom. The molecule has 288 valence electrons. The quantitative estimate of drug-likeness (QED) is 0.178. The second-order valence-electron chi connectivity index (χ2n) is 16.2. The number of fused-ring (bicyclic) bond motifs is 16. The van der Waals surface area contributed by atoms with Crippen LogP contribution in [0.25, 0.3) is 98.8 Å². The van der Waals surface area contributed by atoms with Crippen LogP contribution in [0.5, 0.6) is 0 Å². The van der Waals surface area contributed by atoms with Crippen LogP contribution < -0.4 is 0 Å². The number of hydrogen-bond donors (Lipinski definition) is 0. The average molecular weight is 806 g/mol. The fraction of sp³-hybridized carbons (Fsp3) is 0.0172. The molecular weight excluding hydrogens is 771 g/mol. The van der Waals surface area contributed by atoms with Gasteiger partial charge in [-0.25, -0.2) is 15.0 Å². The van der Waals surface area contributed by atoms with E-state index in [-0.39, 0.29) is 0 Å².